The summed E-state index contributed by atoms with van der Waals surface area (Å²) in [6, 6.07) is 8.37. The maximum atomic E-state index is 10.2. The number of benzene rings is 1. The standard InChI is InChI=1S/C15H19NO/c1-12-6-8-13(9-7-12)15-5-3-2-4-14(15)10-16-11-17/h2-5,12-13H,6-10H2,1H3. The molecule has 0 radical (unpaired) electrons. The van der Waals surface area contributed by atoms with Crippen LogP contribution in [-0.2, 0) is 11.3 Å². The van der Waals surface area contributed by atoms with Crippen LogP contribution in [0.5, 0.6) is 0 Å². The van der Waals surface area contributed by atoms with Crippen molar-refractivity contribution < 1.29 is 4.79 Å². The van der Waals surface area contributed by atoms with Crippen LogP contribution >= 0.6 is 0 Å². The molecule has 1 aliphatic carbocycles. The first-order valence-electron chi connectivity index (χ1n) is 6.42. The zero-order chi connectivity index (χ0) is 12.1. The highest BCUT2D eigenvalue weighted by molar-refractivity contribution is 5.36. The van der Waals surface area contributed by atoms with Gasteiger partial charge in [0.25, 0.3) is 0 Å². The molecule has 0 N–H and O–H groups in total. The van der Waals surface area contributed by atoms with Crippen molar-refractivity contribution in [3.8, 4) is 0 Å². The molecular weight excluding hydrogens is 210 g/mol. The lowest BCUT2D eigenvalue weighted by Gasteiger charge is -2.27. The third-order valence-corrected chi connectivity index (χ3v) is 3.82. The lowest BCUT2D eigenvalue weighted by molar-refractivity contribution is 0.347. The second kappa shape index (κ2) is 5.79. The molecule has 2 rings (SSSR count). The van der Waals surface area contributed by atoms with E-state index >= 15 is 0 Å². The van der Waals surface area contributed by atoms with E-state index < -0.39 is 0 Å². The lowest BCUT2D eigenvalue weighted by atomic mass is 9.78. The Hall–Kier alpha value is -1.40. The van der Waals surface area contributed by atoms with E-state index in [1.807, 2.05) is 6.07 Å². The summed E-state index contributed by atoms with van der Waals surface area (Å²) in [7, 11) is 0. The Bertz CT molecular complexity index is 413. The zero-order valence-electron chi connectivity index (χ0n) is 10.4. The van der Waals surface area contributed by atoms with Crippen LogP contribution in [0.15, 0.2) is 29.3 Å². The fourth-order valence-electron chi connectivity index (χ4n) is 2.76. The minimum absolute atomic E-state index is 0.478. The summed E-state index contributed by atoms with van der Waals surface area (Å²) < 4.78 is 0. The number of rotatable bonds is 3. The predicted molar refractivity (Wildman–Crippen MR) is 68.6 cm³/mol. The van der Waals surface area contributed by atoms with Crippen molar-refractivity contribution >= 4 is 6.08 Å². The third-order valence-electron chi connectivity index (χ3n) is 3.82. The van der Waals surface area contributed by atoms with Crippen LogP contribution in [0.4, 0.5) is 0 Å². The molecular formula is C15H19NO. The van der Waals surface area contributed by atoms with Crippen LogP contribution in [0.2, 0.25) is 0 Å². The predicted octanol–water partition coefficient (Wildman–Crippen LogP) is 3.82. The van der Waals surface area contributed by atoms with Crippen LogP contribution in [0.3, 0.4) is 0 Å². The molecule has 90 valence electrons. The van der Waals surface area contributed by atoms with E-state index in [9.17, 15) is 4.79 Å². The number of hydrogen-bond acceptors (Lipinski definition) is 2. The van der Waals surface area contributed by atoms with Gasteiger partial charge in [0.1, 0.15) is 0 Å². The van der Waals surface area contributed by atoms with E-state index in [1.54, 1.807) is 6.08 Å². The number of hydrogen-bond donors (Lipinski definition) is 0. The van der Waals surface area contributed by atoms with Crippen LogP contribution in [0.25, 0.3) is 0 Å². The Morgan fingerprint density at radius 2 is 1.94 bits per heavy atom. The second-order valence-corrected chi connectivity index (χ2v) is 5.06. The highest BCUT2D eigenvalue weighted by atomic mass is 16.1. The molecule has 0 heterocycles. The molecule has 17 heavy (non-hydrogen) atoms. The average molecular weight is 229 g/mol. The van der Waals surface area contributed by atoms with Gasteiger partial charge in [0.2, 0.25) is 6.08 Å². The summed E-state index contributed by atoms with van der Waals surface area (Å²) in [5.41, 5.74) is 2.58. The monoisotopic (exact) mass is 229 g/mol. The summed E-state index contributed by atoms with van der Waals surface area (Å²) in [4.78, 5) is 13.9. The molecule has 1 fully saturated rings. The lowest BCUT2D eigenvalue weighted by Crippen LogP contribution is -2.12. The molecule has 0 atom stereocenters. The SMILES string of the molecule is CC1CCC(c2ccccc2CN=C=O)CC1. The maximum Gasteiger partial charge on any atom is 0.235 e. The number of isocyanates is 1. The summed E-state index contributed by atoms with van der Waals surface area (Å²) in [6.07, 6.45) is 6.79. The Kier molecular flexibility index (Phi) is 4.11. The van der Waals surface area contributed by atoms with Gasteiger partial charge in [-0.05, 0) is 35.8 Å². The van der Waals surface area contributed by atoms with Gasteiger partial charge in [-0.25, -0.2) is 9.79 Å². The van der Waals surface area contributed by atoms with Crippen LogP contribution in [-0.4, -0.2) is 6.08 Å². The first-order chi connectivity index (χ1) is 8.31. The van der Waals surface area contributed by atoms with Gasteiger partial charge in [-0.1, -0.05) is 44.0 Å². The van der Waals surface area contributed by atoms with Crippen molar-refractivity contribution in [2.45, 2.75) is 45.1 Å². The zero-order valence-corrected chi connectivity index (χ0v) is 10.4. The fraction of sp³-hybridized carbons (Fsp3) is 0.533. The largest absolute Gasteiger partial charge is 0.235 e. The van der Waals surface area contributed by atoms with Crippen molar-refractivity contribution in [1.82, 2.24) is 0 Å². The van der Waals surface area contributed by atoms with Crippen molar-refractivity contribution in [1.29, 1.82) is 0 Å². The van der Waals surface area contributed by atoms with Crippen LogP contribution in [0.1, 0.15) is 49.7 Å². The van der Waals surface area contributed by atoms with E-state index in [0.29, 0.717) is 12.5 Å². The van der Waals surface area contributed by atoms with Gasteiger partial charge < -0.3 is 0 Å². The average Bonchev–Trinajstić information content (AvgIpc) is 2.38. The molecule has 0 spiro atoms. The highest BCUT2D eigenvalue weighted by Crippen LogP contribution is 2.36. The number of carbonyl (C=O) groups excluding carboxylic acids is 1. The minimum Gasteiger partial charge on any atom is -0.211 e. The number of aliphatic imine (C=N–C) groups is 1. The summed E-state index contributed by atoms with van der Waals surface area (Å²) in [6.45, 7) is 2.81. The molecule has 2 heteroatoms. The number of nitrogens with zero attached hydrogens (tertiary/aromatic N) is 1. The second-order valence-electron chi connectivity index (χ2n) is 5.06. The molecule has 0 amide bonds. The van der Waals surface area contributed by atoms with E-state index in [0.717, 1.165) is 5.92 Å². The van der Waals surface area contributed by atoms with Gasteiger partial charge in [-0.2, -0.15) is 0 Å². The topological polar surface area (TPSA) is 29.4 Å². The van der Waals surface area contributed by atoms with Crippen molar-refractivity contribution in [2.24, 2.45) is 10.9 Å². The third kappa shape index (κ3) is 3.04. The quantitative estimate of drug-likeness (QED) is 0.572. The van der Waals surface area contributed by atoms with Crippen LogP contribution in [0, 0.1) is 5.92 Å². The van der Waals surface area contributed by atoms with Gasteiger partial charge in [0, 0.05) is 0 Å². The maximum absolute atomic E-state index is 10.2. The first-order valence-corrected chi connectivity index (χ1v) is 6.42. The summed E-state index contributed by atoms with van der Waals surface area (Å²) in [5, 5.41) is 0. The Labute approximate surface area is 103 Å². The highest BCUT2D eigenvalue weighted by Gasteiger charge is 2.21. The van der Waals surface area contributed by atoms with E-state index in [1.165, 1.54) is 36.8 Å². The molecule has 1 aromatic carbocycles. The Morgan fingerprint density at radius 3 is 2.65 bits per heavy atom. The van der Waals surface area contributed by atoms with Crippen molar-refractivity contribution in [3.63, 3.8) is 0 Å². The van der Waals surface area contributed by atoms with Gasteiger partial charge in [0.15, 0.2) is 0 Å². The van der Waals surface area contributed by atoms with Gasteiger partial charge in [-0.3, -0.25) is 0 Å². The van der Waals surface area contributed by atoms with E-state index in [-0.39, 0.29) is 0 Å². The molecule has 1 aliphatic rings. The molecule has 0 aliphatic heterocycles. The molecule has 2 nitrogen and oxygen atoms in total. The van der Waals surface area contributed by atoms with Gasteiger partial charge >= 0.3 is 0 Å². The summed E-state index contributed by atoms with van der Waals surface area (Å²) >= 11 is 0. The van der Waals surface area contributed by atoms with Crippen molar-refractivity contribution in [3.05, 3.63) is 35.4 Å². The first kappa shape index (κ1) is 12.1. The molecule has 0 aromatic heterocycles. The minimum atomic E-state index is 0.478. The van der Waals surface area contributed by atoms with Crippen molar-refractivity contribution in [2.75, 3.05) is 0 Å². The van der Waals surface area contributed by atoms with Gasteiger partial charge in [0.05, 0.1) is 6.54 Å². The smallest absolute Gasteiger partial charge is 0.211 e. The molecule has 0 unspecified atom stereocenters. The molecule has 0 bridgehead atoms. The van der Waals surface area contributed by atoms with Gasteiger partial charge in [-0.15, -0.1) is 0 Å². The van der Waals surface area contributed by atoms with E-state index in [2.05, 4.69) is 30.1 Å². The molecule has 0 saturated heterocycles. The summed E-state index contributed by atoms with van der Waals surface area (Å²) in [5.74, 6) is 1.52. The molecule has 1 aromatic rings. The normalized spacial score (nSPS) is 24.1. The van der Waals surface area contributed by atoms with E-state index in [4.69, 9.17) is 0 Å². The van der Waals surface area contributed by atoms with Crippen LogP contribution < -0.4 is 0 Å². The Morgan fingerprint density at radius 1 is 1.24 bits per heavy atom. The fourth-order valence-corrected chi connectivity index (χ4v) is 2.76. The molecule has 1 saturated carbocycles. The Balaban J connectivity index is 2.16.